The third kappa shape index (κ3) is 1.96. The fourth-order valence-corrected chi connectivity index (χ4v) is 7.02. The molecule has 0 aromatic heterocycles. The standard InChI is InChI=1S/C21H28O3/c1-12-10-14-15-4-5-17(19(23)24)20(15,2)9-7-16(14)21(3)8-6-13(22)11-18(12)21/h6,8,11-12,14-17H,4-5,7,9-10H2,1-3H3,(H,23,24)/t12-,14-,15-,16-,17?,20-,21+/m0/s1. The SMILES string of the molecule is C[C@H]1C[C@@H]2[C@H](CC[C@]3(C)C(C(=O)O)CC[C@@H]23)[C@@]2(C)C=CC(=O)C=C12. The monoisotopic (exact) mass is 328 g/mol. The molecule has 130 valence electrons. The molecule has 0 spiro atoms. The molecular formula is C21H28O3. The van der Waals surface area contributed by atoms with Crippen molar-refractivity contribution in [3.63, 3.8) is 0 Å². The largest absolute Gasteiger partial charge is 0.481 e. The zero-order chi connectivity index (χ0) is 17.3. The van der Waals surface area contributed by atoms with E-state index in [2.05, 4.69) is 26.8 Å². The van der Waals surface area contributed by atoms with Crippen LogP contribution in [-0.2, 0) is 9.59 Å². The van der Waals surface area contributed by atoms with E-state index in [1.807, 2.05) is 6.08 Å². The molecule has 0 aromatic carbocycles. The van der Waals surface area contributed by atoms with Crippen LogP contribution in [0.2, 0.25) is 0 Å². The lowest BCUT2D eigenvalue weighted by Crippen LogP contribution is -2.52. The number of fused-ring (bicyclic) bond motifs is 5. The zero-order valence-electron chi connectivity index (χ0n) is 14.9. The highest BCUT2D eigenvalue weighted by atomic mass is 16.4. The normalized spacial score (nSPS) is 49.9. The van der Waals surface area contributed by atoms with Crippen molar-refractivity contribution in [1.29, 1.82) is 0 Å². The van der Waals surface area contributed by atoms with Crippen LogP contribution in [-0.4, -0.2) is 16.9 Å². The van der Waals surface area contributed by atoms with Gasteiger partial charge in [-0.1, -0.05) is 32.4 Å². The summed E-state index contributed by atoms with van der Waals surface area (Å²) in [4.78, 5) is 23.6. The summed E-state index contributed by atoms with van der Waals surface area (Å²) in [5, 5.41) is 9.67. The van der Waals surface area contributed by atoms with Gasteiger partial charge < -0.3 is 5.11 Å². The molecule has 4 rings (SSSR count). The molecule has 1 unspecified atom stereocenters. The van der Waals surface area contributed by atoms with Gasteiger partial charge in [0.2, 0.25) is 0 Å². The van der Waals surface area contributed by atoms with E-state index >= 15 is 0 Å². The molecule has 3 fully saturated rings. The first-order valence-electron chi connectivity index (χ1n) is 9.45. The van der Waals surface area contributed by atoms with Gasteiger partial charge in [-0.15, -0.1) is 0 Å². The molecular weight excluding hydrogens is 300 g/mol. The topological polar surface area (TPSA) is 54.4 Å². The lowest BCUT2D eigenvalue weighted by atomic mass is 9.46. The second kappa shape index (κ2) is 5.06. The highest BCUT2D eigenvalue weighted by Gasteiger charge is 2.60. The number of allylic oxidation sites excluding steroid dienone is 4. The van der Waals surface area contributed by atoms with Gasteiger partial charge in [0.1, 0.15) is 0 Å². The maximum atomic E-state index is 11.9. The minimum absolute atomic E-state index is 0.0150. The molecule has 24 heavy (non-hydrogen) atoms. The van der Waals surface area contributed by atoms with Crippen molar-refractivity contribution in [3.05, 3.63) is 23.8 Å². The van der Waals surface area contributed by atoms with Crippen LogP contribution in [0.3, 0.4) is 0 Å². The lowest BCUT2D eigenvalue weighted by molar-refractivity contribution is -0.149. The highest BCUT2D eigenvalue weighted by molar-refractivity contribution is 6.01. The van der Waals surface area contributed by atoms with Crippen molar-refractivity contribution in [2.75, 3.05) is 0 Å². The van der Waals surface area contributed by atoms with Crippen LogP contribution >= 0.6 is 0 Å². The van der Waals surface area contributed by atoms with E-state index < -0.39 is 5.97 Å². The number of carbonyl (C=O) groups is 2. The van der Waals surface area contributed by atoms with Crippen LogP contribution in [0.15, 0.2) is 23.8 Å². The molecule has 3 heteroatoms. The average molecular weight is 328 g/mol. The first-order chi connectivity index (χ1) is 11.3. The maximum Gasteiger partial charge on any atom is 0.307 e. The van der Waals surface area contributed by atoms with E-state index in [0.717, 1.165) is 32.1 Å². The Morgan fingerprint density at radius 1 is 1.21 bits per heavy atom. The Bertz CT molecular complexity index is 660. The summed E-state index contributed by atoms with van der Waals surface area (Å²) in [6, 6.07) is 0. The summed E-state index contributed by atoms with van der Waals surface area (Å²) in [6.45, 7) is 6.79. The quantitative estimate of drug-likeness (QED) is 0.783. The first kappa shape index (κ1) is 16.1. The summed E-state index contributed by atoms with van der Waals surface area (Å²) in [6.07, 6.45) is 10.9. The van der Waals surface area contributed by atoms with E-state index in [4.69, 9.17) is 0 Å². The van der Waals surface area contributed by atoms with Gasteiger partial charge in [0.25, 0.3) is 0 Å². The van der Waals surface area contributed by atoms with Crippen molar-refractivity contribution in [3.8, 4) is 0 Å². The summed E-state index contributed by atoms with van der Waals surface area (Å²) in [5.74, 6) is 1.42. The van der Waals surface area contributed by atoms with E-state index in [1.54, 1.807) is 6.08 Å². The third-order valence-corrected chi connectivity index (χ3v) is 8.18. The van der Waals surface area contributed by atoms with Gasteiger partial charge in [0.05, 0.1) is 5.92 Å². The van der Waals surface area contributed by atoms with Crippen LogP contribution in [0, 0.1) is 40.4 Å². The van der Waals surface area contributed by atoms with Crippen LogP contribution in [0.1, 0.15) is 52.9 Å². The Morgan fingerprint density at radius 3 is 2.67 bits per heavy atom. The van der Waals surface area contributed by atoms with Gasteiger partial charge in [-0.2, -0.15) is 0 Å². The molecule has 4 aliphatic carbocycles. The van der Waals surface area contributed by atoms with Crippen molar-refractivity contribution in [2.45, 2.75) is 52.9 Å². The number of rotatable bonds is 1. The van der Waals surface area contributed by atoms with E-state index in [9.17, 15) is 14.7 Å². The molecule has 0 heterocycles. The molecule has 1 N–H and O–H groups in total. The Hall–Kier alpha value is -1.38. The predicted octanol–water partition coefficient (Wildman–Crippen LogP) is 4.24. The lowest BCUT2D eigenvalue weighted by Gasteiger charge is -2.58. The summed E-state index contributed by atoms with van der Waals surface area (Å²) >= 11 is 0. The number of carboxylic acid groups (broad SMARTS) is 1. The fourth-order valence-electron chi connectivity index (χ4n) is 7.02. The molecule has 0 amide bonds. The second-order valence-electron chi connectivity index (χ2n) is 9.14. The first-order valence-corrected chi connectivity index (χ1v) is 9.45. The molecule has 4 aliphatic rings. The molecule has 3 saturated carbocycles. The molecule has 3 nitrogen and oxygen atoms in total. The van der Waals surface area contributed by atoms with Crippen LogP contribution < -0.4 is 0 Å². The maximum absolute atomic E-state index is 11.9. The Balaban J connectivity index is 1.72. The van der Waals surface area contributed by atoms with Gasteiger partial charge in [-0.05, 0) is 73.3 Å². The third-order valence-electron chi connectivity index (χ3n) is 8.18. The van der Waals surface area contributed by atoms with Crippen LogP contribution in [0.5, 0.6) is 0 Å². The van der Waals surface area contributed by atoms with Crippen LogP contribution in [0.4, 0.5) is 0 Å². The van der Waals surface area contributed by atoms with Gasteiger partial charge in [0, 0.05) is 5.41 Å². The van der Waals surface area contributed by atoms with Crippen molar-refractivity contribution in [2.24, 2.45) is 40.4 Å². The van der Waals surface area contributed by atoms with Crippen molar-refractivity contribution in [1.82, 2.24) is 0 Å². The van der Waals surface area contributed by atoms with E-state index in [1.165, 1.54) is 5.57 Å². The molecule has 0 saturated heterocycles. The highest BCUT2D eigenvalue weighted by Crippen LogP contribution is 2.66. The number of hydrogen-bond donors (Lipinski definition) is 1. The summed E-state index contributed by atoms with van der Waals surface area (Å²) < 4.78 is 0. The van der Waals surface area contributed by atoms with Gasteiger partial charge in [0.15, 0.2) is 5.78 Å². The van der Waals surface area contributed by atoms with Crippen molar-refractivity contribution >= 4 is 11.8 Å². The molecule has 0 radical (unpaired) electrons. The van der Waals surface area contributed by atoms with Gasteiger partial charge >= 0.3 is 5.97 Å². The Kier molecular flexibility index (Phi) is 3.40. The second-order valence-corrected chi connectivity index (χ2v) is 9.14. The number of hydrogen-bond acceptors (Lipinski definition) is 2. The molecule has 0 bridgehead atoms. The number of carbonyl (C=O) groups excluding carboxylic acids is 1. The summed E-state index contributed by atoms with van der Waals surface area (Å²) in [5.41, 5.74) is 1.25. The van der Waals surface area contributed by atoms with Crippen molar-refractivity contribution < 1.29 is 14.7 Å². The smallest absolute Gasteiger partial charge is 0.307 e. The fraction of sp³-hybridized carbons (Fsp3) is 0.714. The molecule has 0 aromatic rings. The number of aliphatic carboxylic acids is 1. The molecule has 0 aliphatic heterocycles. The Labute approximate surface area is 144 Å². The van der Waals surface area contributed by atoms with Gasteiger partial charge in [-0.25, -0.2) is 0 Å². The van der Waals surface area contributed by atoms with Gasteiger partial charge in [-0.3, -0.25) is 9.59 Å². The zero-order valence-corrected chi connectivity index (χ0v) is 14.9. The predicted molar refractivity (Wildman–Crippen MR) is 92.3 cm³/mol. The van der Waals surface area contributed by atoms with E-state index in [-0.39, 0.29) is 22.5 Å². The summed E-state index contributed by atoms with van der Waals surface area (Å²) in [7, 11) is 0. The van der Waals surface area contributed by atoms with Crippen LogP contribution in [0.25, 0.3) is 0 Å². The average Bonchev–Trinajstić information content (AvgIpc) is 2.87. The molecule has 7 atom stereocenters. The Morgan fingerprint density at radius 2 is 1.96 bits per heavy atom. The number of carboxylic acids is 1. The minimum Gasteiger partial charge on any atom is -0.481 e. The number of ketones is 1. The van der Waals surface area contributed by atoms with E-state index in [0.29, 0.717) is 23.7 Å². The minimum atomic E-state index is -0.600.